The van der Waals surface area contributed by atoms with Crippen LogP contribution >= 0.6 is 0 Å². The maximum absolute atomic E-state index is 9.71. The van der Waals surface area contributed by atoms with Gasteiger partial charge in [-0.05, 0) is 13.3 Å². The van der Waals surface area contributed by atoms with Crippen LogP contribution in [0.4, 0.5) is 0 Å². The number of nitrogens with one attached hydrogen (secondary N) is 1. The van der Waals surface area contributed by atoms with Gasteiger partial charge in [0.1, 0.15) is 0 Å². The van der Waals surface area contributed by atoms with E-state index < -0.39 is 0 Å². The Morgan fingerprint density at radius 3 is 2.82 bits per heavy atom. The highest BCUT2D eigenvalue weighted by Gasteiger charge is 1.98. The van der Waals surface area contributed by atoms with Crippen molar-refractivity contribution in [2.45, 2.75) is 39.2 Å². The van der Waals surface area contributed by atoms with E-state index >= 15 is 0 Å². The quantitative estimate of drug-likeness (QED) is 0.454. The van der Waals surface area contributed by atoms with E-state index in [-0.39, 0.29) is 0 Å². The molecule has 0 fully saturated rings. The van der Waals surface area contributed by atoms with E-state index in [9.17, 15) is 4.91 Å². The summed E-state index contributed by atoms with van der Waals surface area (Å²) in [6, 6.07) is 0.525. The number of rotatable bonds is 7. The SMILES string of the molecule is CCCCC(C)NCCN=O. The van der Waals surface area contributed by atoms with Crippen molar-refractivity contribution < 1.29 is 0 Å². The standard InChI is InChI=1S/C8H18N2O/c1-3-4-5-8(2)9-6-7-10-11/h8-9H,3-7H2,1-2H3. The van der Waals surface area contributed by atoms with Gasteiger partial charge in [0.25, 0.3) is 0 Å². The molecule has 0 bridgehead atoms. The molecule has 1 atom stereocenters. The van der Waals surface area contributed by atoms with Gasteiger partial charge in [-0.3, -0.25) is 0 Å². The Morgan fingerprint density at radius 2 is 2.27 bits per heavy atom. The van der Waals surface area contributed by atoms with Crippen LogP contribution < -0.4 is 5.32 Å². The summed E-state index contributed by atoms with van der Waals surface area (Å²) >= 11 is 0. The number of nitroso groups, excluding NO2 is 1. The zero-order chi connectivity index (χ0) is 8.53. The first-order valence-electron chi connectivity index (χ1n) is 4.33. The second-order valence-electron chi connectivity index (χ2n) is 2.85. The van der Waals surface area contributed by atoms with Gasteiger partial charge in [-0.1, -0.05) is 24.9 Å². The minimum Gasteiger partial charge on any atom is -0.312 e. The van der Waals surface area contributed by atoms with Crippen LogP contribution in [-0.2, 0) is 0 Å². The predicted octanol–water partition coefficient (Wildman–Crippen LogP) is 1.92. The molecule has 0 aliphatic rings. The largest absolute Gasteiger partial charge is 0.312 e. The van der Waals surface area contributed by atoms with E-state index in [1.807, 2.05) is 0 Å². The summed E-state index contributed by atoms with van der Waals surface area (Å²) in [5, 5.41) is 6.00. The van der Waals surface area contributed by atoms with Crippen LogP contribution in [0.15, 0.2) is 5.18 Å². The molecule has 3 heteroatoms. The molecule has 0 aliphatic carbocycles. The Balaban J connectivity index is 3.08. The molecule has 0 amide bonds. The Kier molecular flexibility index (Phi) is 7.36. The van der Waals surface area contributed by atoms with Crippen molar-refractivity contribution in [1.82, 2.24) is 5.32 Å². The molecule has 0 rings (SSSR count). The van der Waals surface area contributed by atoms with Gasteiger partial charge in [-0.15, -0.1) is 0 Å². The van der Waals surface area contributed by atoms with Gasteiger partial charge in [0, 0.05) is 12.6 Å². The summed E-state index contributed by atoms with van der Waals surface area (Å²) in [5.41, 5.74) is 0. The topological polar surface area (TPSA) is 41.5 Å². The van der Waals surface area contributed by atoms with Crippen LogP contribution in [0.25, 0.3) is 0 Å². The average molecular weight is 158 g/mol. The highest BCUT2D eigenvalue weighted by molar-refractivity contribution is 4.60. The van der Waals surface area contributed by atoms with Crippen LogP contribution in [0.3, 0.4) is 0 Å². The van der Waals surface area contributed by atoms with Crippen molar-refractivity contribution in [3.63, 3.8) is 0 Å². The molecule has 1 N–H and O–H groups in total. The van der Waals surface area contributed by atoms with E-state index in [0.717, 1.165) is 0 Å². The maximum atomic E-state index is 9.71. The van der Waals surface area contributed by atoms with Crippen molar-refractivity contribution in [2.24, 2.45) is 5.18 Å². The smallest absolute Gasteiger partial charge is 0.0935 e. The predicted molar refractivity (Wildman–Crippen MR) is 47.7 cm³/mol. The summed E-state index contributed by atoms with van der Waals surface area (Å²) in [4.78, 5) is 9.71. The van der Waals surface area contributed by atoms with E-state index in [2.05, 4.69) is 24.3 Å². The van der Waals surface area contributed by atoms with Crippen molar-refractivity contribution >= 4 is 0 Å². The molecule has 0 aromatic heterocycles. The van der Waals surface area contributed by atoms with Crippen LogP contribution in [0.5, 0.6) is 0 Å². The Morgan fingerprint density at radius 1 is 1.55 bits per heavy atom. The van der Waals surface area contributed by atoms with Gasteiger partial charge in [0.05, 0.1) is 6.54 Å². The fourth-order valence-electron chi connectivity index (χ4n) is 0.969. The monoisotopic (exact) mass is 158 g/mol. The zero-order valence-electron chi connectivity index (χ0n) is 7.47. The van der Waals surface area contributed by atoms with Crippen molar-refractivity contribution in [3.8, 4) is 0 Å². The van der Waals surface area contributed by atoms with Gasteiger partial charge in [0.15, 0.2) is 0 Å². The number of nitrogens with zero attached hydrogens (tertiary/aromatic N) is 1. The highest BCUT2D eigenvalue weighted by Crippen LogP contribution is 1.98. The van der Waals surface area contributed by atoms with Crippen LogP contribution in [0.1, 0.15) is 33.1 Å². The summed E-state index contributed by atoms with van der Waals surface area (Å²) in [6.07, 6.45) is 3.68. The van der Waals surface area contributed by atoms with Crippen molar-refractivity contribution in [3.05, 3.63) is 4.91 Å². The number of hydrogen-bond acceptors (Lipinski definition) is 3. The first kappa shape index (κ1) is 10.6. The highest BCUT2D eigenvalue weighted by atomic mass is 16.3. The lowest BCUT2D eigenvalue weighted by molar-refractivity contribution is 0.501. The van der Waals surface area contributed by atoms with Crippen molar-refractivity contribution in [1.29, 1.82) is 0 Å². The molecule has 0 heterocycles. The van der Waals surface area contributed by atoms with Gasteiger partial charge < -0.3 is 5.32 Å². The molecule has 0 radical (unpaired) electrons. The lowest BCUT2D eigenvalue weighted by Crippen LogP contribution is -2.28. The lowest BCUT2D eigenvalue weighted by atomic mass is 10.1. The summed E-state index contributed by atoms with van der Waals surface area (Å²) < 4.78 is 0. The first-order chi connectivity index (χ1) is 5.31. The third-order valence-corrected chi connectivity index (χ3v) is 1.69. The van der Waals surface area contributed by atoms with Crippen LogP contribution in [0.2, 0.25) is 0 Å². The lowest BCUT2D eigenvalue weighted by Gasteiger charge is -2.10. The molecule has 66 valence electrons. The van der Waals surface area contributed by atoms with Crippen molar-refractivity contribution in [2.75, 3.05) is 13.1 Å². The minimum atomic E-state index is 0.385. The molecule has 3 nitrogen and oxygen atoms in total. The van der Waals surface area contributed by atoms with Gasteiger partial charge in [0.2, 0.25) is 0 Å². The van der Waals surface area contributed by atoms with E-state index in [0.29, 0.717) is 19.1 Å². The fourth-order valence-corrected chi connectivity index (χ4v) is 0.969. The molecule has 0 aromatic carbocycles. The number of hydrogen-bond donors (Lipinski definition) is 1. The van der Waals surface area contributed by atoms with E-state index in [1.54, 1.807) is 0 Å². The molecule has 1 unspecified atom stereocenters. The molecule has 0 aromatic rings. The molecule has 11 heavy (non-hydrogen) atoms. The third kappa shape index (κ3) is 7.46. The fraction of sp³-hybridized carbons (Fsp3) is 1.00. The molecule has 0 saturated carbocycles. The van der Waals surface area contributed by atoms with Crippen LogP contribution in [0, 0.1) is 4.91 Å². The van der Waals surface area contributed by atoms with Gasteiger partial charge in [-0.2, -0.15) is 4.91 Å². The summed E-state index contributed by atoms with van der Waals surface area (Å²) in [5.74, 6) is 0. The zero-order valence-corrected chi connectivity index (χ0v) is 7.47. The van der Waals surface area contributed by atoms with Crippen LogP contribution in [-0.4, -0.2) is 19.1 Å². The Labute approximate surface area is 68.5 Å². The minimum absolute atomic E-state index is 0.385. The Hall–Kier alpha value is -0.440. The molecular formula is C8H18N2O. The second kappa shape index (κ2) is 7.66. The molecule has 0 aliphatic heterocycles. The number of unbranched alkanes of at least 4 members (excludes halogenated alkanes) is 1. The molecule has 0 spiro atoms. The summed E-state index contributed by atoms with van der Waals surface area (Å²) in [6.45, 7) is 5.42. The Bertz CT molecular complexity index is 96.1. The third-order valence-electron chi connectivity index (χ3n) is 1.69. The average Bonchev–Trinajstić information content (AvgIpc) is 2.01. The van der Waals surface area contributed by atoms with Gasteiger partial charge in [-0.25, -0.2) is 0 Å². The normalized spacial score (nSPS) is 12.9. The summed E-state index contributed by atoms with van der Waals surface area (Å²) in [7, 11) is 0. The molecular weight excluding hydrogens is 140 g/mol. The maximum Gasteiger partial charge on any atom is 0.0935 e. The first-order valence-corrected chi connectivity index (χ1v) is 4.33. The molecule has 0 saturated heterocycles. The van der Waals surface area contributed by atoms with E-state index in [4.69, 9.17) is 0 Å². The van der Waals surface area contributed by atoms with E-state index in [1.165, 1.54) is 19.3 Å². The van der Waals surface area contributed by atoms with Gasteiger partial charge >= 0.3 is 0 Å². The second-order valence-corrected chi connectivity index (χ2v) is 2.85.